The first-order valence-electron chi connectivity index (χ1n) is 6.19. The summed E-state index contributed by atoms with van der Waals surface area (Å²) in [6.45, 7) is 3.57. The van der Waals surface area contributed by atoms with Crippen LogP contribution in [0.15, 0.2) is 29.1 Å². The number of nitrogens with zero attached hydrogens (tertiary/aromatic N) is 3. The summed E-state index contributed by atoms with van der Waals surface area (Å²) in [5.74, 6) is -0.711. The molecule has 0 spiro atoms. The molecule has 6 nitrogen and oxygen atoms in total. The Balaban J connectivity index is 2.64. The van der Waals surface area contributed by atoms with Gasteiger partial charge in [0, 0.05) is 11.9 Å². The van der Waals surface area contributed by atoms with Gasteiger partial charge in [-0.05, 0) is 19.9 Å². The number of carbonyl (C=O) groups excluding carboxylic acids is 1. The maximum atomic E-state index is 12.1. The lowest BCUT2D eigenvalue weighted by Gasteiger charge is -2.10. The van der Waals surface area contributed by atoms with Crippen LogP contribution in [0, 0.1) is 11.3 Å². The van der Waals surface area contributed by atoms with Crippen LogP contribution in [-0.2, 0) is 11.3 Å². The van der Waals surface area contributed by atoms with Gasteiger partial charge >= 0.3 is 5.97 Å². The Kier molecular flexibility index (Phi) is 3.80. The van der Waals surface area contributed by atoms with E-state index in [0.717, 1.165) is 0 Å². The van der Waals surface area contributed by atoms with Crippen molar-refractivity contribution in [1.29, 1.82) is 5.26 Å². The normalized spacial score (nSPS) is 11.8. The summed E-state index contributed by atoms with van der Waals surface area (Å²) in [5.41, 5.74) is -0.211. The molecule has 2 rings (SSSR count). The number of aromatic nitrogens is 2. The predicted octanol–water partition coefficient (Wildman–Crippen LogP) is 1.49. The van der Waals surface area contributed by atoms with Crippen LogP contribution in [0.3, 0.4) is 0 Å². The fourth-order valence-corrected chi connectivity index (χ4v) is 1.84. The molecule has 0 N–H and O–H groups in total. The molecule has 0 aliphatic rings. The number of nitriles is 1. The van der Waals surface area contributed by atoms with Crippen molar-refractivity contribution >= 4 is 16.7 Å². The number of esters is 1. The van der Waals surface area contributed by atoms with Crippen LogP contribution in [-0.4, -0.2) is 21.9 Å². The maximum Gasteiger partial charge on any atom is 0.360 e. The molecule has 0 radical (unpaired) electrons. The summed E-state index contributed by atoms with van der Waals surface area (Å²) in [7, 11) is 0. The Morgan fingerprint density at radius 3 is 2.70 bits per heavy atom. The molecule has 0 fully saturated rings. The Morgan fingerprint density at radius 2 is 2.10 bits per heavy atom. The van der Waals surface area contributed by atoms with Gasteiger partial charge in [0.05, 0.1) is 5.39 Å². The topological polar surface area (TPSA) is 85.0 Å². The van der Waals surface area contributed by atoms with Gasteiger partial charge in [-0.1, -0.05) is 18.2 Å². The van der Waals surface area contributed by atoms with E-state index in [9.17, 15) is 9.59 Å². The molecule has 0 amide bonds. The number of fused-ring (bicyclic) bond motifs is 1. The van der Waals surface area contributed by atoms with Crippen LogP contribution in [0.2, 0.25) is 0 Å². The lowest BCUT2D eigenvalue weighted by Crippen LogP contribution is -2.26. The molecular formula is C14H13N3O3. The second kappa shape index (κ2) is 5.53. The van der Waals surface area contributed by atoms with Gasteiger partial charge < -0.3 is 4.74 Å². The zero-order valence-electron chi connectivity index (χ0n) is 11.2. The van der Waals surface area contributed by atoms with Crippen LogP contribution in [0.5, 0.6) is 0 Å². The SMILES string of the molecule is CCn1nc(C(=O)O[C@@H](C)C#N)c2ccccc2c1=O. The highest BCUT2D eigenvalue weighted by molar-refractivity contribution is 6.02. The molecule has 0 aliphatic carbocycles. The first-order chi connectivity index (χ1) is 9.58. The Morgan fingerprint density at radius 1 is 1.45 bits per heavy atom. The van der Waals surface area contributed by atoms with E-state index >= 15 is 0 Å². The van der Waals surface area contributed by atoms with Gasteiger partial charge in [0.1, 0.15) is 6.07 Å². The first kappa shape index (κ1) is 13.7. The number of hydrogen-bond acceptors (Lipinski definition) is 5. The molecule has 102 valence electrons. The van der Waals surface area contributed by atoms with E-state index in [1.165, 1.54) is 11.6 Å². The van der Waals surface area contributed by atoms with Crippen molar-refractivity contribution in [2.75, 3.05) is 0 Å². The van der Waals surface area contributed by atoms with Crippen molar-refractivity contribution in [3.63, 3.8) is 0 Å². The first-order valence-corrected chi connectivity index (χ1v) is 6.19. The zero-order chi connectivity index (χ0) is 14.7. The third kappa shape index (κ3) is 2.38. The van der Waals surface area contributed by atoms with Crippen LogP contribution in [0.25, 0.3) is 10.8 Å². The van der Waals surface area contributed by atoms with Crippen molar-refractivity contribution in [2.24, 2.45) is 0 Å². The van der Waals surface area contributed by atoms with Crippen LogP contribution >= 0.6 is 0 Å². The molecule has 2 aromatic rings. The molecule has 0 aliphatic heterocycles. The molecule has 6 heteroatoms. The average Bonchev–Trinajstić information content (AvgIpc) is 2.47. The molecule has 20 heavy (non-hydrogen) atoms. The smallest absolute Gasteiger partial charge is 0.360 e. The largest absolute Gasteiger partial charge is 0.442 e. The Bertz CT molecular complexity index is 758. The molecule has 0 unspecified atom stereocenters. The third-order valence-corrected chi connectivity index (χ3v) is 2.83. The summed E-state index contributed by atoms with van der Waals surface area (Å²) < 4.78 is 6.16. The van der Waals surface area contributed by atoms with Gasteiger partial charge in [-0.15, -0.1) is 0 Å². The van der Waals surface area contributed by atoms with Gasteiger partial charge in [-0.2, -0.15) is 10.4 Å². The van der Waals surface area contributed by atoms with Gasteiger partial charge in [0.2, 0.25) is 0 Å². The van der Waals surface area contributed by atoms with E-state index in [-0.39, 0.29) is 11.3 Å². The number of ether oxygens (including phenoxy) is 1. The van der Waals surface area contributed by atoms with E-state index in [1.807, 2.05) is 6.07 Å². The van der Waals surface area contributed by atoms with Crippen LogP contribution in [0.1, 0.15) is 24.3 Å². The van der Waals surface area contributed by atoms with Crippen LogP contribution in [0.4, 0.5) is 0 Å². The molecule has 0 bridgehead atoms. The highest BCUT2D eigenvalue weighted by atomic mass is 16.5. The molecule has 1 atom stereocenters. The van der Waals surface area contributed by atoms with E-state index < -0.39 is 12.1 Å². The van der Waals surface area contributed by atoms with Crippen molar-refractivity contribution < 1.29 is 9.53 Å². The number of hydrogen-bond donors (Lipinski definition) is 0. The fraction of sp³-hybridized carbons (Fsp3) is 0.286. The summed E-state index contributed by atoms with van der Waals surface area (Å²) in [4.78, 5) is 24.2. The Hall–Kier alpha value is -2.68. The lowest BCUT2D eigenvalue weighted by molar-refractivity contribution is 0.0428. The fourth-order valence-electron chi connectivity index (χ4n) is 1.84. The van der Waals surface area contributed by atoms with Gasteiger partial charge in [-0.25, -0.2) is 9.48 Å². The molecule has 1 aromatic heterocycles. The summed E-state index contributed by atoms with van der Waals surface area (Å²) >= 11 is 0. The van der Waals surface area contributed by atoms with Crippen molar-refractivity contribution in [3.05, 3.63) is 40.3 Å². The Labute approximate surface area is 115 Å². The van der Waals surface area contributed by atoms with Gasteiger partial charge in [0.25, 0.3) is 5.56 Å². The molecule has 1 heterocycles. The summed E-state index contributed by atoms with van der Waals surface area (Å²) in [6, 6.07) is 8.52. The second-order valence-electron chi connectivity index (χ2n) is 4.19. The molecular weight excluding hydrogens is 258 g/mol. The number of rotatable bonds is 3. The second-order valence-corrected chi connectivity index (χ2v) is 4.19. The van der Waals surface area contributed by atoms with Crippen molar-refractivity contribution in [2.45, 2.75) is 26.5 Å². The van der Waals surface area contributed by atoms with E-state index in [1.54, 1.807) is 31.2 Å². The van der Waals surface area contributed by atoms with Crippen LogP contribution < -0.4 is 5.56 Å². The standard InChI is InChI=1S/C14H13N3O3/c1-3-17-13(18)11-7-5-4-6-10(11)12(16-17)14(19)20-9(2)8-15/h4-7,9H,3H2,1-2H3/t9-/m0/s1. The van der Waals surface area contributed by atoms with E-state index in [4.69, 9.17) is 10.00 Å². The lowest BCUT2D eigenvalue weighted by atomic mass is 10.1. The monoisotopic (exact) mass is 271 g/mol. The van der Waals surface area contributed by atoms with Crippen molar-refractivity contribution in [3.8, 4) is 6.07 Å². The summed E-state index contributed by atoms with van der Waals surface area (Å²) in [6.07, 6.45) is -0.870. The van der Waals surface area contributed by atoms with Crippen molar-refractivity contribution in [1.82, 2.24) is 9.78 Å². The third-order valence-electron chi connectivity index (χ3n) is 2.83. The highest BCUT2D eigenvalue weighted by Crippen LogP contribution is 2.14. The minimum Gasteiger partial charge on any atom is -0.442 e. The molecule has 0 saturated heterocycles. The number of carbonyl (C=O) groups is 1. The average molecular weight is 271 g/mol. The number of benzene rings is 1. The minimum atomic E-state index is -0.870. The zero-order valence-corrected chi connectivity index (χ0v) is 11.2. The van der Waals surface area contributed by atoms with E-state index in [2.05, 4.69) is 5.10 Å². The highest BCUT2D eigenvalue weighted by Gasteiger charge is 2.19. The molecule has 1 aromatic carbocycles. The van der Waals surface area contributed by atoms with Gasteiger partial charge in [-0.3, -0.25) is 4.79 Å². The number of aryl methyl sites for hydroxylation is 1. The van der Waals surface area contributed by atoms with E-state index in [0.29, 0.717) is 17.3 Å². The van der Waals surface area contributed by atoms with Gasteiger partial charge in [0.15, 0.2) is 11.8 Å². The molecule has 0 saturated carbocycles. The quantitative estimate of drug-likeness (QED) is 0.789. The summed E-state index contributed by atoms with van der Waals surface area (Å²) in [5, 5.41) is 13.5. The minimum absolute atomic E-state index is 0.0455. The predicted molar refractivity (Wildman–Crippen MR) is 72.2 cm³/mol. The maximum absolute atomic E-state index is 12.1.